The fraction of sp³-hybridized carbons (Fsp3) is 0.467. The van der Waals surface area contributed by atoms with Crippen LogP contribution in [0.25, 0.3) is 10.9 Å². The highest BCUT2D eigenvalue weighted by molar-refractivity contribution is 5.80. The Morgan fingerprint density at radius 3 is 2.65 bits per heavy atom. The van der Waals surface area contributed by atoms with Crippen molar-refractivity contribution in [1.82, 2.24) is 9.88 Å². The summed E-state index contributed by atoms with van der Waals surface area (Å²) in [6.45, 7) is 2.59. The molecule has 2 bridgehead atoms. The summed E-state index contributed by atoms with van der Waals surface area (Å²) < 4.78 is 0. The molecule has 4 heterocycles. The van der Waals surface area contributed by atoms with E-state index in [9.17, 15) is 0 Å². The van der Waals surface area contributed by atoms with Gasteiger partial charge in [-0.2, -0.15) is 0 Å². The number of hydrogen-bond acceptors (Lipinski definition) is 1. The van der Waals surface area contributed by atoms with Gasteiger partial charge in [-0.25, -0.2) is 0 Å². The fourth-order valence-electron chi connectivity index (χ4n) is 3.56. The Labute approximate surface area is 102 Å². The SMILES string of the molecule is c1ccc2[nH]c(C3CC4CCN3CC4)cc2c1. The first kappa shape index (κ1) is 9.72. The van der Waals surface area contributed by atoms with E-state index >= 15 is 0 Å². The zero-order valence-electron chi connectivity index (χ0n) is 10.0. The van der Waals surface area contributed by atoms with Crippen molar-refractivity contribution < 1.29 is 0 Å². The number of benzene rings is 1. The number of nitrogens with zero attached hydrogens (tertiary/aromatic N) is 1. The Morgan fingerprint density at radius 2 is 1.94 bits per heavy atom. The molecular formula is C15H18N2. The monoisotopic (exact) mass is 226 g/mol. The smallest absolute Gasteiger partial charge is 0.0501 e. The van der Waals surface area contributed by atoms with Gasteiger partial charge in [-0.05, 0) is 55.8 Å². The lowest BCUT2D eigenvalue weighted by atomic mass is 9.82. The van der Waals surface area contributed by atoms with E-state index < -0.39 is 0 Å². The van der Waals surface area contributed by atoms with Gasteiger partial charge in [0, 0.05) is 11.2 Å². The van der Waals surface area contributed by atoms with Crippen LogP contribution < -0.4 is 0 Å². The number of para-hydroxylation sites is 1. The van der Waals surface area contributed by atoms with Crippen LogP contribution in [0.15, 0.2) is 30.3 Å². The van der Waals surface area contributed by atoms with Crippen LogP contribution in [0, 0.1) is 5.92 Å². The number of piperidine rings is 3. The van der Waals surface area contributed by atoms with Crippen LogP contribution in [0.4, 0.5) is 0 Å². The van der Waals surface area contributed by atoms with E-state index in [1.54, 1.807) is 0 Å². The highest BCUT2D eigenvalue weighted by Crippen LogP contribution is 2.40. The standard InChI is InChI=1S/C15H18N2/c1-2-4-13-12(3-1)10-14(16-13)15-9-11-5-7-17(15)8-6-11/h1-4,10-11,15-16H,5-9H2. The molecule has 0 amide bonds. The Bertz CT molecular complexity index is 502. The number of rotatable bonds is 1. The van der Waals surface area contributed by atoms with Crippen molar-refractivity contribution in [3.63, 3.8) is 0 Å². The second-order valence-corrected chi connectivity index (χ2v) is 5.54. The first-order valence-corrected chi connectivity index (χ1v) is 6.72. The topological polar surface area (TPSA) is 19.0 Å². The van der Waals surface area contributed by atoms with E-state index in [1.165, 1.54) is 48.9 Å². The molecule has 0 radical (unpaired) electrons. The number of aromatic nitrogens is 1. The van der Waals surface area contributed by atoms with E-state index in [2.05, 4.69) is 40.2 Å². The van der Waals surface area contributed by atoms with Crippen LogP contribution in [0.3, 0.4) is 0 Å². The van der Waals surface area contributed by atoms with Crippen LogP contribution in [-0.2, 0) is 0 Å². The van der Waals surface area contributed by atoms with Crippen molar-refractivity contribution in [1.29, 1.82) is 0 Å². The molecule has 0 spiro atoms. The third kappa shape index (κ3) is 1.51. The van der Waals surface area contributed by atoms with E-state index in [1.807, 2.05) is 0 Å². The first-order chi connectivity index (χ1) is 8.40. The molecule has 1 aromatic heterocycles. The lowest BCUT2D eigenvalue weighted by Crippen LogP contribution is -2.43. The normalized spacial score (nSPS) is 32.1. The largest absolute Gasteiger partial charge is 0.357 e. The molecule has 3 saturated heterocycles. The zero-order chi connectivity index (χ0) is 11.2. The van der Waals surface area contributed by atoms with Gasteiger partial charge >= 0.3 is 0 Å². The van der Waals surface area contributed by atoms with Crippen LogP contribution in [0.2, 0.25) is 0 Å². The number of aromatic amines is 1. The van der Waals surface area contributed by atoms with Gasteiger partial charge in [-0.1, -0.05) is 18.2 Å². The average molecular weight is 226 g/mol. The molecule has 2 heteroatoms. The molecule has 3 aliphatic heterocycles. The van der Waals surface area contributed by atoms with Crippen molar-refractivity contribution in [3.05, 3.63) is 36.0 Å². The molecule has 1 aromatic carbocycles. The molecule has 3 aliphatic rings. The summed E-state index contributed by atoms with van der Waals surface area (Å²) in [6.07, 6.45) is 4.18. The van der Waals surface area contributed by atoms with Gasteiger partial charge in [0.15, 0.2) is 0 Å². The van der Waals surface area contributed by atoms with Gasteiger partial charge in [-0.15, -0.1) is 0 Å². The molecule has 1 N–H and O–H groups in total. The molecule has 0 saturated carbocycles. The lowest BCUT2D eigenvalue weighted by molar-refractivity contribution is 0.0472. The number of nitrogens with one attached hydrogen (secondary N) is 1. The van der Waals surface area contributed by atoms with Crippen molar-refractivity contribution in [2.24, 2.45) is 5.92 Å². The number of hydrogen-bond donors (Lipinski definition) is 1. The molecule has 1 unspecified atom stereocenters. The molecule has 2 aromatic rings. The van der Waals surface area contributed by atoms with Crippen molar-refractivity contribution in [2.45, 2.75) is 25.3 Å². The summed E-state index contributed by atoms with van der Waals surface area (Å²) in [5, 5.41) is 1.35. The summed E-state index contributed by atoms with van der Waals surface area (Å²) >= 11 is 0. The summed E-state index contributed by atoms with van der Waals surface area (Å²) in [6, 6.07) is 11.6. The Balaban J connectivity index is 1.74. The lowest BCUT2D eigenvalue weighted by Gasteiger charge is -2.45. The molecule has 1 atom stereocenters. The quantitative estimate of drug-likeness (QED) is 0.790. The second kappa shape index (κ2) is 3.61. The molecule has 17 heavy (non-hydrogen) atoms. The van der Waals surface area contributed by atoms with E-state index in [0.717, 1.165) is 5.92 Å². The van der Waals surface area contributed by atoms with Crippen LogP contribution >= 0.6 is 0 Å². The summed E-state index contributed by atoms with van der Waals surface area (Å²) in [4.78, 5) is 6.27. The van der Waals surface area contributed by atoms with Crippen molar-refractivity contribution in [3.8, 4) is 0 Å². The van der Waals surface area contributed by atoms with Gasteiger partial charge in [0.05, 0.1) is 6.04 Å². The van der Waals surface area contributed by atoms with Gasteiger partial charge in [0.1, 0.15) is 0 Å². The van der Waals surface area contributed by atoms with Crippen LogP contribution in [-0.4, -0.2) is 23.0 Å². The highest BCUT2D eigenvalue weighted by Gasteiger charge is 2.34. The maximum absolute atomic E-state index is 3.61. The maximum atomic E-state index is 3.61. The minimum atomic E-state index is 0.648. The third-order valence-electron chi connectivity index (χ3n) is 4.56. The molecular weight excluding hydrogens is 208 g/mol. The van der Waals surface area contributed by atoms with E-state index in [0.29, 0.717) is 6.04 Å². The summed E-state index contributed by atoms with van der Waals surface area (Å²) in [5.41, 5.74) is 2.71. The van der Waals surface area contributed by atoms with Gasteiger partial charge in [0.2, 0.25) is 0 Å². The van der Waals surface area contributed by atoms with Crippen molar-refractivity contribution in [2.75, 3.05) is 13.1 Å². The van der Waals surface area contributed by atoms with Crippen LogP contribution in [0.1, 0.15) is 31.0 Å². The van der Waals surface area contributed by atoms with Crippen LogP contribution in [0.5, 0.6) is 0 Å². The third-order valence-corrected chi connectivity index (χ3v) is 4.56. The van der Waals surface area contributed by atoms with Crippen molar-refractivity contribution >= 4 is 10.9 Å². The fourth-order valence-corrected chi connectivity index (χ4v) is 3.56. The molecule has 0 aliphatic carbocycles. The molecule has 5 rings (SSSR count). The molecule has 2 nitrogen and oxygen atoms in total. The number of H-pyrrole nitrogens is 1. The Hall–Kier alpha value is -1.28. The average Bonchev–Trinajstić information content (AvgIpc) is 2.83. The van der Waals surface area contributed by atoms with Gasteiger partial charge < -0.3 is 4.98 Å². The van der Waals surface area contributed by atoms with E-state index in [-0.39, 0.29) is 0 Å². The predicted molar refractivity (Wildman–Crippen MR) is 70.0 cm³/mol. The van der Waals surface area contributed by atoms with Gasteiger partial charge in [0.25, 0.3) is 0 Å². The molecule has 88 valence electrons. The second-order valence-electron chi connectivity index (χ2n) is 5.54. The first-order valence-electron chi connectivity index (χ1n) is 6.72. The Morgan fingerprint density at radius 1 is 1.12 bits per heavy atom. The predicted octanol–water partition coefficient (Wildman–Crippen LogP) is 3.32. The van der Waals surface area contributed by atoms with E-state index in [4.69, 9.17) is 0 Å². The zero-order valence-corrected chi connectivity index (χ0v) is 10.0. The van der Waals surface area contributed by atoms with Gasteiger partial charge in [-0.3, -0.25) is 4.90 Å². The minimum Gasteiger partial charge on any atom is -0.357 e. The number of fused-ring (bicyclic) bond motifs is 4. The maximum Gasteiger partial charge on any atom is 0.0501 e. The highest BCUT2D eigenvalue weighted by atomic mass is 15.2. The Kier molecular flexibility index (Phi) is 2.06. The summed E-state index contributed by atoms with van der Waals surface area (Å²) in [7, 11) is 0. The summed E-state index contributed by atoms with van der Waals surface area (Å²) in [5.74, 6) is 0.969. The minimum absolute atomic E-state index is 0.648. The molecule has 3 fully saturated rings.